The van der Waals surface area contributed by atoms with Gasteiger partial charge in [-0.15, -0.1) is 0 Å². The molecule has 30 heavy (non-hydrogen) atoms. The number of hydrogen-bond acceptors (Lipinski definition) is 6. The minimum Gasteiger partial charge on any atom is -0.343 e. The molecule has 0 saturated heterocycles. The van der Waals surface area contributed by atoms with E-state index in [0.29, 0.717) is 41.2 Å². The Morgan fingerprint density at radius 3 is 2.90 bits per heavy atom. The average molecular weight is 401 g/mol. The van der Waals surface area contributed by atoms with Crippen LogP contribution in [-0.2, 0) is 6.54 Å². The summed E-state index contributed by atoms with van der Waals surface area (Å²) >= 11 is 0. The molecule has 0 saturated carbocycles. The van der Waals surface area contributed by atoms with Gasteiger partial charge in [0, 0.05) is 36.8 Å². The van der Waals surface area contributed by atoms with Gasteiger partial charge in [-0.1, -0.05) is 0 Å². The van der Waals surface area contributed by atoms with E-state index in [-0.39, 0.29) is 17.5 Å². The number of rotatable bonds is 3. The molecule has 1 aliphatic heterocycles. The number of carbonyl (C=O) groups is 1. The van der Waals surface area contributed by atoms with Crippen LogP contribution in [0.15, 0.2) is 54.0 Å². The lowest BCUT2D eigenvalue weighted by Crippen LogP contribution is -2.34. The van der Waals surface area contributed by atoms with Crippen molar-refractivity contribution in [3.63, 3.8) is 0 Å². The maximum absolute atomic E-state index is 12.9. The molecule has 2 N–H and O–H groups in total. The van der Waals surface area contributed by atoms with Crippen LogP contribution in [0.1, 0.15) is 41.5 Å². The summed E-state index contributed by atoms with van der Waals surface area (Å²) in [5.74, 6) is 0.316. The fraction of sp³-hybridized carbons (Fsp3) is 0.238. The first kappa shape index (κ1) is 18.2. The highest BCUT2D eigenvalue weighted by Crippen LogP contribution is 2.24. The number of amides is 1. The van der Waals surface area contributed by atoms with Gasteiger partial charge in [-0.25, -0.2) is 15.0 Å². The molecule has 9 heteroatoms. The zero-order valence-corrected chi connectivity index (χ0v) is 16.1. The molecule has 0 spiro atoms. The van der Waals surface area contributed by atoms with Crippen molar-refractivity contribution >= 4 is 17.1 Å². The number of pyridine rings is 2. The predicted octanol–water partition coefficient (Wildman–Crippen LogP) is 2.23. The molecular formula is C21H19N7O2. The van der Waals surface area contributed by atoms with E-state index < -0.39 is 0 Å². The van der Waals surface area contributed by atoms with Crippen molar-refractivity contribution in [2.45, 2.75) is 31.8 Å². The number of fused-ring (bicyclic) bond motifs is 2. The third kappa shape index (κ3) is 3.34. The molecule has 0 aliphatic carbocycles. The molecule has 1 atom stereocenters. The van der Waals surface area contributed by atoms with Crippen molar-refractivity contribution in [3.05, 3.63) is 70.9 Å². The first-order valence-corrected chi connectivity index (χ1v) is 9.81. The van der Waals surface area contributed by atoms with Crippen LogP contribution in [0.3, 0.4) is 0 Å². The van der Waals surface area contributed by atoms with Crippen molar-refractivity contribution in [2.75, 3.05) is 0 Å². The normalized spacial score (nSPS) is 16.1. The zero-order valence-electron chi connectivity index (χ0n) is 16.1. The predicted molar refractivity (Wildman–Crippen MR) is 110 cm³/mol. The summed E-state index contributed by atoms with van der Waals surface area (Å²) in [6.45, 7) is 0.589. The van der Waals surface area contributed by atoms with E-state index >= 15 is 0 Å². The minimum absolute atomic E-state index is 0.117. The van der Waals surface area contributed by atoms with Crippen LogP contribution in [0.2, 0.25) is 0 Å². The number of H-pyrrole nitrogens is 1. The standard InChI is InChI=1S/C21H19N7O2/c29-18-10-16(13-4-6-22-7-5-13)26-20-15(3-1-2-8-28(18)20)27-21(30)14-9-17-19(23-11-14)25-12-24-17/h4-7,9-12,15H,1-3,8H2,(H,27,30)(H,23,24,25). The van der Waals surface area contributed by atoms with Gasteiger partial charge in [0.1, 0.15) is 5.82 Å². The molecule has 9 nitrogen and oxygen atoms in total. The van der Waals surface area contributed by atoms with Gasteiger partial charge < -0.3 is 10.3 Å². The van der Waals surface area contributed by atoms with Crippen LogP contribution in [0.4, 0.5) is 0 Å². The number of imidazole rings is 1. The summed E-state index contributed by atoms with van der Waals surface area (Å²) in [6.07, 6.45) is 8.82. The monoisotopic (exact) mass is 401 g/mol. The number of aromatic nitrogens is 6. The Bertz CT molecular complexity index is 1280. The average Bonchev–Trinajstić information content (AvgIpc) is 3.15. The van der Waals surface area contributed by atoms with Crippen molar-refractivity contribution < 1.29 is 4.79 Å². The van der Waals surface area contributed by atoms with E-state index in [1.807, 2.05) is 12.1 Å². The number of hydrogen-bond donors (Lipinski definition) is 2. The van der Waals surface area contributed by atoms with Gasteiger partial charge >= 0.3 is 0 Å². The maximum atomic E-state index is 12.9. The van der Waals surface area contributed by atoms with Crippen LogP contribution < -0.4 is 10.9 Å². The molecule has 0 radical (unpaired) electrons. The van der Waals surface area contributed by atoms with Crippen molar-refractivity contribution in [1.82, 2.24) is 34.8 Å². The molecule has 0 aromatic carbocycles. The molecule has 0 bridgehead atoms. The highest BCUT2D eigenvalue weighted by molar-refractivity contribution is 5.96. The van der Waals surface area contributed by atoms with Crippen LogP contribution >= 0.6 is 0 Å². The molecule has 1 aliphatic rings. The SMILES string of the molecule is O=C(NC1CCCCn2c1nc(-c1ccncc1)cc2=O)c1cnc2nc[nH]c2c1. The Morgan fingerprint density at radius 2 is 2.03 bits per heavy atom. The first-order chi connectivity index (χ1) is 14.7. The Hall–Kier alpha value is -3.88. The van der Waals surface area contributed by atoms with Gasteiger partial charge in [0.25, 0.3) is 11.5 Å². The fourth-order valence-electron chi connectivity index (χ4n) is 3.76. The van der Waals surface area contributed by atoms with E-state index in [0.717, 1.165) is 18.4 Å². The smallest absolute Gasteiger partial charge is 0.254 e. The van der Waals surface area contributed by atoms with E-state index in [4.69, 9.17) is 4.98 Å². The molecule has 0 fully saturated rings. The molecule has 5 rings (SSSR count). The zero-order chi connectivity index (χ0) is 20.5. The molecule has 1 unspecified atom stereocenters. The fourth-order valence-corrected chi connectivity index (χ4v) is 3.76. The van der Waals surface area contributed by atoms with Gasteiger partial charge in [0.05, 0.1) is 29.1 Å². The first-order valence-electron chi connectivity index (χ1n) is 9.81. The van der Waals surface area contributed by atoms with Crippen molar-refractivity contribution in [3.8, 4) is 11.3 Å². The molecule has 5 heterocycles. The number of carbonyl (C=O) groups excluding carboxylic acids is 1. The Kier molecular flexibility index (Phi) is 4.55. The molecular weight excluding hydrogens is 382 g/mol. The highest BCUT2D eigenvalue weighted by Gasteiger charge is 2.24. The van der Waals surface area contributed by atoms with Crippen LogP contribution in [0.5, 0.6) is 0 Å². The third-order valence-corrected chi connectivity index (χ3v) is 5.29. The van der Waals surface area contributed by atoms with E-state index in [1.165, 1.54) is 12.5 Å². The maximum Gasteiger partial charge on any atom is 0.254 e. The van der Waals surface area contributed by atoms with Gasteiger partial charge in [-0.3, -0.25) is 19.1 Å². The summed E-state index contributed by atoms with van der Waals surface area (Å²) in [7, 11) is 0. The lowest BCUT2D eigenvalue weighted by molar-refractivity contribution is 0.0932. The second-order valence-electron chi connectivity index (χ2n) is 7.24. The number of nitrogens with one attached hydrogen (secondary N) is 2. The highest BCUT2D eigenvalue weighted by atomic mass is 16.2. The minimum atomic E-state index is -0.369. The van der Waals surface area contributed by atoms with Gasteiger partial charge in [0.15, 0.2) is 5.65 Å². The van der Waals surface area contributed by atoms with Gasteiger partial charge in [0.2, 0.25) is 0 Å². The van der Waals surface area contributed by atoms with Crippen LogP contribution in [0.25, 0.3) is 22.4 Å². The van der Waals surface area contributed by atoms with Crippen molar-refractivity contribution in [1.29, 1.82) is 0 Å². The van der Waals surface area contributed by atoms with Gasteiger partial charge in [-0.2, -0.15) is 0 Å². The molecule has 1 amide bonds. The lowest BCUT2D eigenvalue weighted by Gasteiger charge is -2.20. The third-order valence-electron chi connectivity index (χ3n) is 5.29. The molecule has 4 aromatic heterocycles. The quantitative estimate of drug-likeness (QED) is 0.543. The second-order valence-corrected chi connectivity index (χ2v) is 7.24. The molecule has 150 valence electrons. The Balaban J connectivity index is 1.51. The summed E-state index contributed by atoms with van der Waals surface area (Å²) in [4.78, 5) is 45.8. The van der Waals surface area contributed by atoms with Gasteiger partial charge in [-0.05, 0) is 37.5 Å². The number of aromatic amines is 1. The summed E-state index contributed by atoms with van der Waals surface area (Å²) in [6, 6.07) is 6.52. The lowest BCUT2D eigenvalue weighted by atomic mass is 10.1. The Morgan fingerprint density at radius 1 is 1.17 bits per heavy atom. The summed E-state index contributed by atoms with van der Waals surface area (Å²) < 4.78 is 1.67. The Labute approximate surface area is 171 Å². The van der Waals surface area contributed by atoms with Crippen LogP contribution in [0, 0.1) is 0 Å². The van der Waals surface area contributed by atoms with Crippen LogP contribution in [-0.4, -0.2) is 35.4 Å². The van der Waals surface area contributed by atoms with E-state index in [2.05, 4.69) is 25.3 Å². The largest absolute Gasteiger partial charge is 0.343 e. The summed E-state index contributed by atoms with van der Waals surface area (Å²) in [5.41, 5.74) is 2.95. The van der Waals surface area contributed by atoms with E-state index in [9.17, 15) is 9.59 Å². The molecule has 4 aromatic rings. The summed E-state index contributed by atoms with van der Waals surface area (Å²) in [5, 5.41) is 3.05. The van der Waals surface area contributed by atoms with E-state index in [1.54, 1.807) is 29.1 Å². The number of nitrogens with zero attached hydrogens (tertiary/aromatic N) is 5. The second kappa shape index (κ2) is 7.51. The van der Waals surface area contributed by atoms with Crippen molar-refractivity contribution in [2.24, 2.45) is 0 Å². The topological polar surface area (TPSA) is 118 Å².